The largest absolute Gasteiger partial charge is 0.348 e. The summed E-state index contributed by atoms with van der Waals surface area (Å²) in [7, 11) is 1.87. The van der Waals surface area contributed by atoms with Gasteiger partial charge in [0.15, 0.2) is 0 Å². The van der Waals surface area contributed by atoms with Crippen LogP contribution >= 0.6 is 11.3 Å². The van der Waals surface area contributed by atoms with E-state index in [4.69, 9.17) is 0 Å². The molecular formula is C21H18N4OS. The zero-order valence-corrected chi connectivity index (χ0v) is 15.6. The molecule has 0 aliphatic rings. The van der Waals surface area contributed by atoms with E-state index in [9.17, 15) is 4.79 Å². The third-order valence-electron chi connectivity index (χ3n) is 4.31. The van der Waals surface area contributed by atoms with Crippen molar-refractivity contribution in [2.45, 2.75) is 6.54 Å². The summed E-state index contributed by atoms with van der Waals surface area (Å²) >= 11 is 1.66. The summed E-state index contributed by atoms with van der Waals surface area (Å²) in [5, 5.41) is 11.3. The van der Waals surface area contributed by atoms with E-state index in [1.165, 1.54) is 5.56 Å². The molecule has 0 fully saturated rings. The van der Waals surface area contributed by atoms with Gasteiger partial charge in [0.05, 0.1) is 11.9 Å². The number of carbonyl (C=O) groups is 1. The van der Waals surface area contributed by atoms with Crippen LogP contribution in [-0.2, 0) is 13.6 Å². The van der Waals surface area contributed by atoms with Gasteiger partial charge < -0.3 is 5.32 Å². The zero-order chi connectivity index (χ0) is 18.6. The molecule has 0 bridgehead atoms. The van der Waals surface area contributed by atoms with Gasteiger partial charge in [-0.1, -0.05) is 18.2 Å². The van der Waals surface area contributed by atoms with E-state index in [0.29, 0.717) is 12.1 Å². The third kappa shape index (κ3) is 3.80. The molecule has 1 N–H and O–H groups in total. The summed E-state index contributed by atoms with van der Waals surface area (Å²) in [6.07, 6.45) is 5.43. The highest BCUT2D eigenvalue weighted by Crippen LogP contribution is 2.23. The number of aromatic nitrogens is 3. The number of nitrogens with one attached hydrogen (secondary N) is 1. The molecule has 4 aromatic rings. The van der Waals surface area contributed by atoms with Crippen LogP contribution in [0, 0.1) is 0 Å². The molecule has 1 aromatic carbocycles. The number of benzene rings is 1. The lowest BCUT2D eigenvalue weighted by atomic mass is 10.1. The van der Waals surface area contributed by atoms with Crippen LogP contribution in [0.4, 0.5) is 0 Å². The van der Waals surface area contributed by atoms with Crippen molar-refractivity contribution in [1.82, 2.24) is 20.1 Å². The van der Waals surface area contributed by atoms with Gasteiger partial charge >= 0.3 is 0 Å². The number of hydrogen-bond donors (Lipinski definition) is 1. The Kier molecular flexibility index (Phi) is 4.80. The molecule has 6 heteroatoms. The maximum absolute atomic E-state index is 12.5. The van der Waals surface area contributed by atoms with Crippen LogP contribution in [0.1, 0.15) is 15.9 Å². The average Bonchev–Trinajstić information content (AvgIpc) is 3.38. The van der Waals surface area contributed by atoms with Gasteiger partial charge in [0.2, 0.25) is 0 Å². The summed E-state index contributed by atoms with van der Waals surface area (Å²) in [5.41, 5.74) is 5.64. The van der Waals surface area contributed by atoms with Crippen LogP contribution in [0.5, 0.6) is 0 Å². The van der Waals surface area contributed by atoms with Crippen LogP contribution < -0.4 is 5.32 Å². The number of rotatable bonds is 5. The van der Waals surface area contributed by atoms with Crippen LogP contribution in [0.15, 0.2) is 71.8 Å². The van der Waals surface area contributed by atoms with Crippen LogP contribution in [0.2, 0.25) is 0 Å². The van der Waals surface area contributed by atoms with Crippen molar-refractivity contribution in [2.24, 2.45) is 7.05 Å². The Labute approximate surface area is 161 Å². The van der Waals surface area contributed by atoms with E-state index in [2.05, 4.69) is 26.8 Å². The lowest BCUT2D eigenvalue weighted by Gasteiger charge is -2.09. The lowest BCUT2D eigenvalue weighted by molar-refractivity contribution is 0.0951. The van der Waals surface area contributed by atoms with Crippen molar-refractivity contribution >= 4 is 17.2 Å². The van der Waals surface area contributed by atoms with Gasteiger partial charge in [-0.3, -0.25) is 14.5 Å². The molecule has 4 rings (SSSR count). The minimum Gasteiger partial charge on any atom is -0.348 e. The van der Waals surface area contributed by atoms with E-state index in [1.54, 1.807) is 28.4 Å². The molecule has 3 heterocycles. The van der Waals surface area contributed by atoms with Crippen LogP contribution in [-0.4, -0.2) is 20.7 Å². The van der Waals surface area contributed by atoms with Crippen LogP contribution in [0.25, 0.3) is 22.4 Å². The van der Waals surface area contributed by atoms with Gasteiger partial charge in [-0.2, -0.15) is 16.4 Å². The van der Waals surface area contributed by atoms with Gasteiger partial charge in [0.1, 0.15) is 0 Å². The fraction of sp³-hybridized carbons (Fsp3) is 0.0952. The number of thiophene rings is 1. The highest BCUT2D eigenvalue weighted by Gasteiger charge is 2.11. The fourth-order valence-corrected chi connectivity index (χ4v) is 3.57. The van der Waals surface area contributed by atoms with Crippen LogP contribution in [0.3, 0.4) is 0 Å². The Morgan fingerprint density at radius 2 is 1.96 bits per heavy atom. The molecule has 0 saturated heterocycles. The average molecular weight is 374 g/mol. The van der Waals surface area contributed by atoms with Gasteiger partial charge in [0, 0.05) is 37.1 Å². The van der Waals surface area contributed by atoms with Crippen molar-refractivity contribution in [3.8, 4) is 22.4 Å². The third-order valence-corrected chi connectivity index (χ3v) is 4.99. The molecule has 0 atom stereocenters. The van der Waals surface area contributed by atoms with Gasteiger partial charge in [-0.15, -0.1) is 0 Å². The van der Waals surface area contributed by atoms with Crippen molar-refractivity contribution in [3.63, 3.8) is 0 Å². The van der Waals surface area contributed by atoms with E-state index in [-0.39, 0.29) is 5.91 Å². The first kappa shape index (κ1) is 17.2. The molecule has 0 spiro atoms. The summed E-state index contributed by atoms with van der Waals surface area (Å²) < 4.78 is 1.74. The summed E-state index contributed by atoms with van der Waals surface area (Å²) in [6, 6.07) is 13.6. The van der Waals surface area contributed by atoms with Crippen molar-refractivity contribution in [3.05, 3.63) is 82.9 Å². The summed E-state index contributed by atoms with van der Waals surface area (Å²) in [4.78, 5) is 17.0. The molecule has 27 heavy (non-hydrogen) atoms. The second kappa shape index (κ2) is 7.55. The molecule has 0 radical (unpaired) electrons. The lowest BCUT2D eigenvalue weighted by Crippen LogP contribution is -2.23. The Balaban J connectivity index is 1.47. The first-order chi connectivity index (χ1) is 13.2. The Bertz CT molecular complexity index is 1050. The predicted molar refractivity (Wildman–Crippen MR) is 107 cm³/mol. The molecule has 3 aromatic heterocycles. The predicted octanol–water partition coefficient (Wildman–Crippen LogP) is 4.14. The van der Waals surface area contributed by atoms with Crippen molar-refractivity contribution in [2.75, 3.05) is 0 Å². The Morgan fingerprint density at radius 1 is 1.11 bits per heavy atom. The first-order valence-electron chi connectivity index (χ1n) is 8.54. The minimum absolute atomic E-state index is 0.104. The number of hydrogen-bond acceptors (Lipinski definition) is 4. The van der Waals surface area contributed by atoms with E-state index >= 15 is 0 Å². The highest BCUT2D eigenvalue weighted by molar-refractivity contribution is 7.08. The van der Waals surface area contributed by atoms with E-state index in [1.807, 2.05) is 55.0 Å². The quantitative estimate of drug-likeness (QED) is 0.571. The molecule has 134 valence electrons. The van der Waals surface area contributed by atoms with Gasteiger partial charge in [0.25, 0.3) is 5.91 Å². The maximum atomic E-state index is 12.5. The van der Waals surface area contributed by atoms with E-state index in [0.717, 1.165) is 22.4 Å². The summed E-state index contributed by atoms with van der Waals surface area (Å²) in [5.74, 6) is -0.104. The molecule has 0 saturated carbocycles. The normalized spacial score (nSPS) is 10.7. The monoisotopic (exact) mass is 374 g/mol. The highest BCUT2D eigenvalue weighted by atomic mass is 32.1. The number of carbonyl (C=O) groups excluding carboxylic acids is 1. The molecular weight excluding hydrogens is 356 g/mol. The maximum Gasteiger partial charge on any atom is 0.251 e. The van der Waals surface area contributed by atoms with Gasteiger partial charge in [-0.05, 0) is 51.7 Å². The Morgan fingerprint density at radius 3 is 2.67 bits per heavy atom. The van der Waals surface area contributed by atoms with Crippen molar-refractivity contribution in [1.29, 1.82) is 0 Å². The minimum atomic E-state index is -0.104. The summed E-state index contributed by atoms with van der Waals surface area (Å²) in [6.45, 7) is 0.406. The molecule has 0 aliphatic carbocycles. The number of pyridine rings is 1. The second-order valence-corrected chi connectivity index (χ2v) is 6.97. The SMILES string of the molecule is Cn1cc(-c2ncccc2CNC(=O)c2ccc(-c3ccsc3)cc2)cn1. The standard InChI is InChI=1S/C21H18N4OS/c1-25-13-19(12-24-25)20-17(3-2-9-22-20)11-23-21(26)16-6-4-15(5-7-16)18-8-10-27-14-18/h2-10,12-14H,11H2,1H3,(H,23,26). The fourth-order valence-electron chi connectivity index (χ4n) is 2.91. The van der Waals surface area contributed by atoms with E-state index < -0.39 is 0 Å². The van der Waals surface area contributed by atoms with Crippen molar-refractivity contribution < 1.29 is 4.79 Å². The molecule has 0 unspecified atom stereocenters. The smallest absolute Gasteiger partial charge is 0.251 e. The Hall–Kier alpha value is -3.25. The molecule has 5 nitrogen and oxygen atoms in total. The van der Waals surface area contributed by atoms with Gasteiger partial charge in [-0.25, -0.2) is 0 Å². The second-order valence-electron chi connectivity index (χ2n) is 6.19. The molecule has 0 aliphatic heterocycles. The zero-order valence-electron chi connectivity index (χ0n) is 14.8. The number of nitrogens with zero attached hydrogens (tertiary/aromatic N) is 3. The molecule has 1 amide bonds. The topological polar surface area (TPSA) is 59.8 Å². The number of aryl methyl sites for hydroxylation is 1. The number of amides is 1. The first-order valence-corrected chi connectivity index (χ1v) is 9.49.